The van der Waals surface area contributed by atoms with Crippen LogP contribution in [0.15, 0.2) is 13.2 Å². The van der Waals surface area contributed by atoms with Crippen LogP contribution in [0.3, 0.4) is 0 Å². The highest BCUT2D eigenvalue weighted by atomic mass is 16.7. The van der Waals surface area contributed by atoms with Crippen LogP contribution < -0.4 is 11.8 Å². The first-order valence-corrected chi connectivity index (χ1v) is 4.64. The van der Waals surface area contributed by atoms with Gasteiger partial charge in [0.15, 0.2) is 0 Å². The van der Waals surface area contributed by atoms with E-state index in [0.717, 1.165) is 13.8 Å². The van der Waals surface area contributed by atoms with Crippen molar-refractivity contribution in [3.63, 3.8) is 0 Å². The van der Waals surface area contributed by atoms with Crippen molar-refractivity contribution in [3.8, 4) is 0 Å². The highest BCUT2D eigenvalue weighted by Crippen LogP contribution is 1.55. The first kappa shape index (κ1) is 30.5. The number of carboxylic acids is 2. The molecule has 0 heterocycles. The van der Waals surface area contributed by atoms with Crippen molar-refractivity contribution in [1.82, 2.24) is 0 Å². The summed E-state index contributed by atoms with van der Waals surface area (Å²) in [6.45, 7) is 10.6. The van der Waals surface area contributed by atoms with Crippen molar-refractivity contribution < 1.29 is 39.1 Å². The van der Waals surface area contributed by atoms with E-state index in [1.165, 1.54) is 13.8 Å². The summed E-state index contributed by atoms with van der Waals surface area (Å²) in [7, 11) is 0. The molecule has 0 amide bonds. The molecule has 0 aromatic rings. The second-order valence-electron chi connectivity index (χ2n) is 2.26. The monoisotopic (exact) mass is 298 g/mol. The zero-order chi connectivity index (χ0) is 17.7. The third-order valence-electron chi connectivity index (χ3n) is 0.332. The molecule has 10 nitrogen and oxygen atoms in total. The SMILES string of the molecule is C=C.CC(=O)O.CC(=O)O.CC(=O)ON.CC(=O)ON. The molecule has 0 aromatic carbocycles. The van der Waals surface area contributed by atoms with Gasteiger partial charge in [0.05, 0.1) is 0 Å². The first-order chi connectivity index (χ1) is 9.00. The predicted octanol–water partition coefficient (Wildman–Crippen LogP) is -0.170. The van der Waals surface area contributed by atoms with Crippen molar-refractivity contribution in [2.75, 3.05) is 0 Å². The first-order valence-electron chi connectivity index (χ1n) is 4.64. The third kappa shape index (κ3) is 1390. The van der Waals surface area contributed by atoms with Crippen LogP contribution in [0, 0.1) is 0 Å². The summed E-state index contributed by atoms with van der Waals surface area (Å²) in [6.07, 6.45) is 0. The summed E-state index contributed by atoms with van der Waals surface area (Å²) in [5.41, 5.74) is 0. The fraction of sp³-hybridized carbons (Fsp3) is 0.400. The van der Waals surface area contributed by atoms with Gasteiger partial charge in [-0.25, -0.2) is 0 Å². The third-order valence-corrected chi connectivity index (χ3v) is 0.332. The van der Waals surface area contributed by atoms with Crippen LogP contribution in [0.1, 0.15) is 27.7 Å². The molecule has 0 unspecified atom stereocenters. The second kappa shape index (κ2) is 30.0. The van der Waals surface area contributed by atoms with Gasteiger partial charge in [0.25, 0.3) is 11.9 Å². The number of carbonyl (C=O) groups excluding carboxylic acids is 2. The van der Waals surface area contributed by atoms with Gasteiger partial charge in [0, 0.05) is 27.7 Å². The molecule has 0 rings (SSSR count). The standard InChI is InChI=1S/2C2H5NO2.2C2H4O2.C2H4/c2*1-2(4)5-3;2*1-2(3)4;1-2/h2*3H2,1H3;2*1H3,(H,3,4);1-2H2. The quantitative estimate of drug-likeness (QED) is 0.346. The van der Waals surface area contributed by atoms with Crippen molar-refractivity contribution in [2.45, 2.75) is 27.7 Å². The molecule has 20 heavy (non-hydrogen) atoms. The average Bonchev–Trinajstić information content (AvgIpc) is 2.30. The van der Waals surface area contributed by atoms with E-state index in [9.17, 15) is 9.59 Å². The van der Waals surface area contributed by atoms with Crippen LogP contribution in [-0.4, -0.2) is 34.1 Å². The molecule has 0 aromatic heterocycles. The van der Waals surface area contributed by atoms with Gasteiger partial charge >= 0.3 is 11.9 Å². The van der Waals surface area contributed by atoms with E-state index >= 15 is 0 Å². The number of hydrogen-bond donors (Lipinski definition) is 4. The van der Waals surface area contributed by atoms with E-state index in [1.54, 1.807) is 0 Å². The van der Waals surface area contributed by atoms with Gasteiger partial charge in [-0.05, 0) is 0 Å². The topological polar surface area (TPSA) is 179 Å². The summed E-state index contributed by atoms with van der Waals surface area (Å²) in [5.74, 6) is 6.04. The summed E-state index contributed by atoms with van der Waals surface area (Å²) >= 11 is 0. The largest absolute Gasteiger partial charge is 0.481 e. The van der Waals surface area contributed by atoms with Crippen LogP contribution >= 0.6 is 0 Å². The van der Waals surface area contributed by atoms with Crippen molar-refractivity contribution >= 4 is 23.9 Å². The van der Waals surface area contributed by atoms with Gasteiger partial charge in [0.2, 0.25) is 0 Å². The minimum Gasteiger partial charge on any atom is -0.481 e. The Morgan fingerprint density at radius 1 is 0.750 bits per heavy atom. The molecular formula is C10H22N2O8. The zero-order valence-corrected chi connectivity index (χ0v) is 11.9. The van der Waals surface area contributed by atoms with E-state index in [4.69, 9.17) is 19.8 Å². The summed E-state index contributed by atoms with van der Waals surface area (Å²) in [5, 5.41) is 14.8. The number of nitrogens with two attached hydrogens (primary N) is 2. The minimum atomic E-state index is -0.833. The Kier molecular flexibility index (Phi) is 45.8. The van der Waals surface area contributed by atoms with Gasteiger partial charge in [-0.2, -0.15) is 11.8 Å². The maximum Gasteiger partial charge on any atom is 0.321 e. The van der Waals surface area contributed by atoms with E-state index in [0.29, 0.717) is 0 Å². The summed E-state index contributed by atoms with van der Waals surface area (Å²) < 4.78 is 0. The fourth-order valence-corrected chi connectivity index (χ4v) is 0. The molecule has 0 bridgehead atoms. The maximum absolute atomic E-state index is 9.47. The van der Waals surface area contributed by atoms with Gasteiger partial charge in [-0.1, -0.05) is 0 Å². The molecule has 0 radical (unpaired) electrons. The van der Waals surface area contributed by atoms with Gasteiger partial charge < -0.3 is 19.9 Å². The Hall–Kier alpha value is -2.46. The summed E-state index contributed by atoms with van der Waals surface area (Å²) in [4.78, 5) is 44.2. The van der Waals surface area contributed by atoms with E-state index in [1.807, 2.05) is 0 Å². The number of rotatable bonds is 0. The van der Waals surface area contributed by atoms with Gasteiger partial charge in [-0.3, -0.25) is 19.2 Å². The van der Waals surface area contributed by atoms with Crippen LogP contribution in [0.25, 0.3) is 0 Å². The molecule has 0 spiro atoms. The number of carboxylic acid groups (broad SMARTS) is 2. The molecule has 0 saturated carbocycles. The minimum absolute atomic E-state index is 0.468. The van der Waals surface area contributed by atoms with E-state index in [2.05, 4.69) is 34.6 Å². The zero-order valence-electron chi connectivity index (χ0n) is 11.9. The van der Waals surface area contributed by atoms with Crippen molar-refractivity contribution in [3.05, 3.63) is 13.2 Å². The molecule has 0 saturated heterocycles. The van der Waals surface area contributed by atoms with Crippen LogP contribution in [0.2, 0.25) is 0 Å². The molecule has 10 heteroatoms. The summed E-state index contributed by atoms with van der Waals surface area (Å²) in [6, 6.07) is 0. The Balaban J connectivity index is -0.0000000482. The second-order valence-corrected chi connectivity index (χ2v) is 2.26. The lowest BCUT2D eigenvalue weighted by molar-refractivity contribution is -0.142. The molecular weight excluding hydrogens is 276 g/mol. The van der Waals surface area contributed by atoms with Crippen LogP contribution in [-0.2, 0) is 28.9 Å². The highest BCUT2D eigenvalue weighted by molar-refractivity contribution is 5.65. The number of carbonyl (C=O) groups is 4. The Bertz CT molecular complexity index is 234. The predicted molar refractivity (Wildman–Crippen MR) is 69.8 cm³/mol. The van der Waals surface area contributed by atoms with Gasteiger partial charge in [0.1, 0.15) is 0 Å². The van der Waals surface area contributed by atoms with Crippen LogP contribution in [0.5, 0.6) is 0 Å². The Labute approximate surface area is 116 Å². The smallest absolute Gasteiger partial charge is 0.321 e. The maximum atomic E-state index is 9.47. The van der Waals surface area contributed by atoms with Crippen molar-refractivity contribution in [2.24, 2.45) is 11.8 Å². The highest BCUT2D eigenvalue weighted by Gasteiger charge is 1.77. The molecule has 0 aliphatic heterocycles. The van der Waals surface area contributed by atoms with E-state index in [-0.39, 0.29) is 0 Å². The van der Waals surface area contributed by atoms with E-state index < -0.39 is 23.9 Å². The molecule has 0 aliphatic carbocycles. The fourth-order valence-electron chi connectivity index (χ4n) is 0. The lowest BCUT2D eigenvalue weighted by atomic mass is 10.8. The lowest BCUT2D eigenvalue weighted by Gasteiger charge is -1.79. The van der Waals surface area contributed by atoms with Crippen LogP contribution in [0.4, 0.5) is 0 Å². The lowest BCUT2D eigenvalue weighted by Crippen LogP contribution is -2.03. The number of aliphatic carboxylic acids is 2. The average molecular weight is 298 g/mol. The molecule has 0 atom stereocenters. The molecule has 120 valence electrons. The molecule has 0 fully saturated rings. The molecule has 6 N–H and O–H groups in total. The Morgan fingerprint density at radius 2 is 0.800 bits per heavy atom. The number of hydrogen-bond acceptors (Lipinski definition) is 8. The Morgan fingerprint density at radius 3 is 0.800 bits per heavy atom. The normalized spacial score (nSPS) is 6.10. The van der Waals surface area contributed by atoms with Crippen molar-refractivity contribution in [1.29, 1.82) is 0 Å². The van der Waals surface area contributed by atoms with Gasteiger partial charge in [-0.15, -0.1) is 13.2 Å². The molecule has 0 aliphatic rings.